The molecule has 0 bridgehead atoms. The van der Waals surface area contributed by atoms with E-state index in [4.69, 9.17) is 10.1 Å². The number of hydrogen-bond donors (Lipinski definition) is 4. The molecule has 1 aliphatic carbocycles. The summed E-state index contributed by atoms with van der Waals surface area (Å²) < 4.78 is 14.1. The second kappa shape index (κ2) is 14.7. The molecule has 1 aromatic heterocycles. The van der Waals surface area contributed by atoms with Crippen molar-refractivity contribution in [1.82, 2.24) is 15.2 Å². The Balaban J connectivity index is 1.57. The largest absolute Gasteiger partial charge is 0.481 e. The molecule has 2 heterocycles. The molecule has 2 atom stereocenters. The van der Waals surface area contributed by atoms with Gasteiger partial charge >= 0.3 is 5.97 Å². The van der Waals surface area contributed by atoms with Crippen LogP contribution >= 0.6 is 0 Å². The van der Waals surface area contributed by atoms with Gasteiger partial charge in [-0.3, -0.25) is 14.6 Å². The van der Waals surface area contributed by atoms with Gasteiger partial charge in [-0.05, 0) is 105 Å². The van der Waals surface area contributed by atoms with Crippen LogP contribution in [0, 0.1) is 5.82 Å². The maximum Gasteiger partial charge on any atom is 0.305 e. The lowest BCUT2D eigenvalue weighted by molar-refractivity contribution is -0.139. The van der Waals surface area contributed by atoms with Crippen molar-refractivity contribution in [2.45, 2.75) is 83.0 Å². The van der Waals surface area contributed by atoms with E-state index in [1.807, 2.05) is 32.0 Å². The highest BCUT2D eigenvalue weighted by Gasteiger charge is 2.27. The highest BCUT2D eigenvalue weighted by Crippen LogP contribution is 2.42. The summed E-state index contributed by atoms with van der Waals surface area (Å²) in [4.78, 5) is 31.8. The second-order valence-electron chi connectivity index (χ2n) is 13.0. The topological polar surface area (TPSA) is 123 Å². The summed E-state index contributed by atoms with van der Waals surface area (Å²) in [6, 6.07) is 12.4. The Kier molecular flexibility index (Phi) is 10.7. The SMILES string of the molecule is CC(C)c1nc2c(c(-c3ccc(F)cc3)c1C=C[C@@H](O)C[C@@H](O)CC(=O)O)CCCc1cc(C(=O)NC3CCN(C)CC3)ccc1-2. The van der Waals surface area contributed by atoms with Crippen LogP contribution in [0.25, 0.3) is 28.5 Å². The molecular formula is C37H44FN3O5. The number of piperidine rings is 1. The lowest BCUT2D eigenvalue weighted by Crippen LogP contribution is -2.43. The third-order valence-corrected chi connectivity index (χ3v) is 9.00. The second-order valence-corrected chi connectivity index (χ2v) is 13.0. The average Bonchev–Trinajstić information content (AvgIpc) is 3.19. The number of carboxylic acid groups (broad SMARTS) is 1. The number of aliphatic hydroxyl groups excluding tert-OH is 2. The first-order chi connectivity index (χ1) is 22.0. The standard InChI is InChI=1S/C37H44FN3O5/c1-22(2)35-32(14-12-28(42)20-29(43)21-33(44)45)34(23-7-10-26(38)11-8-23)31-6-4-5-24-19-25(9-13-30(24)36(31)40-35)37(46)39-27-15-17-41(3)18-16-27/h7-14,19,22,27-29,42-43H,4-6,15-18,20-21H2,1-3H3,(H,39,46)(H,44,45)/t28-,29-/m1/s1. The molecule has 1 saturated heterocycles. The number of halogens is 1. The van der Waals surface area contributed by atoms with Crippen LogP contribution in [0.2, 0.25) is 0 Å². The lowest BCUT2D eigenvalue weighted by Gasteiger charge is -2.29. The van der Waals surface area contributed by atoms with Crippen molar-refractivity contribution in [1.29, 1.82) is 0 Å². The molecule has 0 unspecified atom stereocenters. The van der Waals surface area contributed by atoms with E-state index in [0.29, 0.717) is 12.0 Å². The Bertz CT molecular complexity index is 1600. The van der Waals surface area contributed by atoms with Crippen molar-refractivity contribution < 1.29 is 29.3 Å². The van der Waals surface area contributed by atoms with Crippen molar-refractivity contribution in [2.24, 2.45) is 0 Å². The van der Waals surface area contributed by atoms with Gasteiger partial charge in [0, 0.05) is 29.2 Å². The van der Waals surface area contributed by atoms with Gasteiger partial charge in [-0.2, -0.15) is 0 Å². The fourth-order valence-corrected chi connectivity index (χ4v) is 6.58. The summed E-state index contributed by atoms with van der Waals surface area (Å²) in [6.45, 7) is 6.02. The smallest absolute Gasteiger partial charge is 0.305 e. The number of aliphatic hydroxyl groups is 2. The zero-order valence-electron chi connectivity index (χ0n) is 26.8. The molecule has 2 aliphatic rings. The minimum atomic E-state index is -1.18. The van der Waals surface area contributed by atoms with Gasteiger partial charge in [-0.25, -0.2) is 4.39 Å². The third kappa shape index (κ3) is 7.89. The number of likely N-dealkylation sites (tertiary alicyclic amines) is 1. The maximum absolute atomic E-state index is 14.1. The summed E-state index contributed by atoms with van der Waals surface area (Å²) in [5.41, 5.74) is 7.84. The minimum Gasteiger partial charge on any atom is -0.481 e. The number of carboxylic acids is 1. The van der Waals surface area contributed by atoms with Gasteiger partial charge in [0.2, 0.25) is 0 Å². The minimum absolute atomic E-state index is 0.00909. The zero-order chi connectivity index (χ0) is 33.0. The van der Waals surface area contributed by atoms with Crippen molar-refractivity contribution in [2.75, 3.05) is 20.1 Å². The number of aliphatic carboxylic acids is 1. The van der Waals surface area contributed by atoms with Crippen LogP contribution in [0.4, 0.5) is 4.39 Å². The van der Waals surface area contributed by atoms with Crippen LogP contribution in [0.1, 0.15) is 84.6 Å². The van der Waals surface area contributed by atoms with Crippen molar-refractivity contribution in [3.63, 3.8) is 0 Å². The van der Waals surface area contributed by atoms with E-state index in [2.05, 4.69) is 17.3 Å². The molecule has 9 heteroatoms. The molecule has 8 nitrogen and oxygen atoms in total. The number of amides is 1. The number of nitrogens with zero attached hydrogens (tertiary/aromatic N) is 2. The first kappa shape index (κ1) is 33.4. The first-order valence-corrected chi connectivity index (χ1v) is 16.2. The van der Waals surface area contributed by atoms with Crippen molar-refractivity contribution >= 4 is 18.0 Å². The zero-order valence-corrected chi connectivity index (χ0v) is 26.8. The van der Waals surface area contributed by atoms with E-state index in [9.17, 15) is 24.2 Å². The molecule has 4 N–H and O–H groups in total. The maximum atomic E-state index is 14.1. The molecule has 5 rings (SSSR count). The molecule has 0 saturated carbocycles. The predicted octanol–water partition coefficient (Wildman–Crippen LogP) is 5.59. The van der Waals surface area contributed by atoms with Crippen molar-refractivity contribution in [3.8, 4) is 22.4 Å². The molecule has 2 aromatic carbocycles. The van der Waals surface area contributed by atoms with E-state index in [-0.39, 0.29) is 30.1 Å². The molecule has 244 valence electrons. The van der Waals surface area contributed by atoms with E-state index in [1.165, 1.54) is 12.1 Å². The molecular weight excluding hydrogens is 585 g/mol. The van der Waals surface area contributed by atoms with E-state index < -0.39 is 24.6 Å². The molecule has 1 aliphatic heterocycles. The predicted molar refractivity (Wildman–Crippen MR) is 177 cm³/mol. The normalized spacial score (nSPS) is 16.9. The number of aromatic nitrogens is 1. The number of nitrogens with one attached hydrogen (secondary N) is 1. The summed E-state index contributed by atoms with van der Waals surface area (Å²) >= 11 is 0. The van der Waals surface area contributed by atoms with E-state index in [1.54, 1.807) is 24.3 Å². The highest BCUT2D eigenvalue weighted by atomic mass is 19.1. The van der Waals surface area contributed by atoms with E-state index >= 15 is 0 Å². The fraction of sp³-hybridized carbons (Fsp3) is 0.432. The van der Waals surface area contributed by atoms with Crippen LogP contribution in [0.5, 0.6) is 0 Å². The number of carbonyl (C=O) groups excluding carboxylic acids is 1. The van der Waals surface area contributed by atoms with Gasteiger partial charge in [-0.15, -0.1) is 0 Å². The monoisotopic (exact) mass is 629 g/mol. The molecule has 1 amide bonds. The Labute approximate surface area is 270 Å². The Morgan fingerprint density at radius 1 is 1.09 bits per heavy atom. The summed E-state index contributed by atoms with van der Waals surface area (Å²) in [6.07, 6.45) is 4.70. The van der Waals surface area contributed by atoms with Crippen LogP contribution in [-0.2, 0) is 17.6 Å². The summed E-state index contributed by atoms with van der Waals surface area (Å²) in [7, 11) is 2.10. The number of benzene rings is 2. The molecule has 46 heavy (non-hydrogen) atoms. The van der Waals surface area contributed by atoms with Crippen LogP contribution in [-0.4, -0.2) is 75.5 Å². The molecule has 0 spiro atoms. The highest BCUT2D eigenvalue weighted by molar-refractivity contribution is 5.95. The van der Waals surface area contributed by atoms with Crippen LogP contribution in [0.3, 0.4) is 0 Å². The third-order valence-electron chi connectivity index (χ3n) is 9.00. The summed E-state index contributed by atoms with van der Waals surface area (Å²) in [5, 5.41) is 33.0. The van der Waals surface area contributed by atoms with Gasteiger partial charge in [-0.1, -0.05) is 44.2 Å². The number of pyridine rings is 1. The Morgan fingerprint density at radius 3 is 2.48 bits per heavy atom. The number of aryl methyl sites for hydroxylation is 1. The van der Waals surface area contributed by atoms with Crippen LogP contribution in [0.15, 0.2) is 48.5 Å². The van der Waals surface area contributed by atoms with Gasteiger partial charge in [0.1, 0.15) is 5.82 Å². The molecule has 0 radical (unpaired) electrons. The number of hydrogen-bond acceptors (Lipinski definition) is 6. The van der Waals surface area contributed by atoms with Crippen molar-refractivity contribution in [3.05, 3.63) is 82.3 Å². The van der Waals surface area contributed by atoms with Gasteiger partial charge in [0.05, 0.1) is 30.0 Å². The number of rotatable bonds is 10. The Morgan fingerprint density at radius 2 is 1.80 bits per heavy atom. The van der Waals surface area contributed by atoms with Crippen LogP contribution < -0.4 is 5.32 Å². The molecule has 3 aromatic rings. The van der Waals surface area contributed by atoms with Gasteiger partial charge < -0.3 is 25.5 Å². The fourth-order valence-electron chi connectivity index (χ4n) is 6.58. The quantitative estimate of drug-likeness (QED) is 0.231. The number of fused-ring (bicyclic) bond motifs is 3. The first-order valence-electron chi connectivity index (χ1n) is 16.2. The van der Waals surface area contributed by atoms with E-state index in [0.717, 1.165) is 83.5 Å². The number of carbonyl (C=O) groups is 2. The average molecular weight is 630 g/mol. The van der Waals surface area contributed by atoms with Gasteiger partial charge in [0.25, 0.3) is 5.91 Å². The Hall–Kier alpha value is -3.92. The summed E-state index contributed by atoms with van der Waals surface area (Å²) in [5.74, 6) is -1.55. The van der Waals surface area contributed by atoms with Gasteiger partial charge in [0.15, 0.2) is 0 Å². The lowest BCUT2D eigenvalue weighted by atomic mass is 9.86. The molecule has 1 fully saturated rings.